The number of nitrogen functional groups attached to an aromatic ring is 1. The molecule has 0 radical (unpaired) electrons. The van der Waals surface area contributed by atoms with Crippen molar-refractivity contribution in [2.45, 2.75) is 23.6 Å². The van der Waals surface area contributed by atoms with Gasteiger partial charge in [0.25, 0.3) is 11.8 Å². The molecule has 1 unspecified atom stereocenters. The van der Waals surface area contributed by atoms with Crippen LogP contribution in [-0.2, 0) is 24.1 Å². The Morgan fingerprint density at radius 3 is 2.65 bits per heavy atom. The number of carbonyl (C=O) groups is 3. The third-order valence-electron chi connectivity index (χ3n) is 4.28. The number of fused-ring (bicyclic) bond motifs is 1. The third-order valence-corrected chi connectivity index (χ3v) is 6.38. The maximum Gasteiger partial charge on any atom is 1.00 e. The standard InChI is InChI=1S/C16H18N6O6S2.Na/c1-6-7(4-18-27-2)11(15(25)26)22-13(24)10(14(22)30-6)20-12(23)9(21-28-3)8-5-29-16(17)19-8;/h4-6,10,14H,1-3H3,(H2,17,19)(H,20,23)(H,25,26);/q;+1/p-1/b18-4?,21-9-;/t6-,10?,14+;/m1./s1. The fraction of sp³-hybridized carbons (Fsp3) is 0.375. The summed E-state index contributed by atoms with van der Waals surface area (Å²) in [6, 6.07) is -0.974. The molecule has 2 aliphatic heterocycles. The van der Waals surface area contributed by atoms with E-state index in [0.29, 0.717) is 0 Å². The van der Waals surface area contributed by atoms with Gasteiger partial charge in [-0.2, -0.15) is 0 Å². The first-order valence-electron chi connectivity index (χ1n) is 8.44. The monoisotopic (exact) mass is 476 g/mol. The molecule has 1 aromatic rings. The van der Waals surface area contributed by atoms with Crippen LogP contribution in [0.2, 0.25) is 0 Å². The molecular formula is C16H17N6NaO6S2. The van der Waals surface area contributed by atoms with Crippen molar-refractivity contribution in [2.75, 3.05) is 20.0 Å². The van der Waals surface area contributed by atoms with Crippen LogP contribution >= 0.6 is 23.1 Å². The molecular weight excluding hydrogens is 459 g/mol. The van der Waals surface area contributed by atoms with Crippen LogP contribution in [0.4, 0.5) is 5.13 Å². The van der Waals surface area contributed by atoms with Gasteiger partial charge in [-0.25, -0.2) is 4.98 Å². The average Bonchev–Trinajstić information content (AvgIpc) is 3.14. The van der Waals surface area contributed by atoms with Gasteiger partial charge in [-0.1, -0.05) is 10.3 Å². The molecule has 0 aromatic carbocycles. The second kappa shape index (κ2) is 10.5. The second-order valence-corrected chi connectivity index (χ2v) is 8.38. The van der Waals surface area contributed by atoms with Gasteiger partial charge in [0.15, 0.2) is 10.8 Å². The molecule has 3 atom stereocenters. The number of thiazole rings is 1. The summed E-state index contributed by atoms with van der Waals surface area (Å²) in [6.45, 7) is 1.75. The molecule has 0 aliphatic carbocycles. The Hall–Kier alpha value is -2.13. The van der Waals surface area contributed by atoms with Gasteiger partial charge in [-0.15, -0.1) is 23.1 Å². The molecule has 3 N–H and O–H groups in total. The van der Waals surface area contributed by atoms with Crippen molar-refractivity contribution < 1.29 is 58.7 Å². The Balaban J connectivity index is 0.00000341. The van der Waals surface area contributed by atoms with Crippen molar-refractivity contribution in [3.8, 4) is 0 Å². The van der Waals surface area contributed by atoms with Crippen LogP contribution in [0.25, 0.3) is 0 Å². The summed E-state index contributed by atoms with van der Waals surface area (Å²) in [4.78, 5) is 51.5. The van der Waals surface area contributed by atoms with Crippen LogP contribution in [0.3, 0.4) is 0 Å². The number of hydrogen-bond donors (Lipinski definition) is 2. The number of thioether (sulfide) groups is 1. The summed E-state index contributed by atoms with van der Waals surface area (Å²) in [5.74, 6) is -2.84. The first-order valence-corrected chi connectivity index (χ1v) is 10.3. The molecule has 160 valence electrons. The zero-order valence-corrected chi connectivity index (χ0v) is 20.7. The van der Waals surface area contributed by atoms with Crippen molar-refractivity contribution in [1.82, 2.24) is 15.2 Å². The van der Waals surface area contributed by atoms with Crippen LogP contribution in [0.15, 0.2) is 27.0 Å². The average molecular weight is 476 g/mol. The molecule has 12 nitrogen and oxygen atoms in total. The Kier molecular flexibility index (Phi) is 8.48. The Morgan fingerprint density at radius 1 is 1.39 bits per heavy atom. The van der Waals surface area contributed by atoms with Crippen molar-refractivity contribution in [3.05, 3.63) is 22.3 Å². The maximum atomic E-state index is 12.7. The molecule has 0 spiro atoms. The van der Waals surface area contributed by atoms with E-state index in [1.165, 1.54) is 37.6 Å². The van der Waals surface area contributed by atoms with Gasteiger partial charge in [-0.3, -0.25) is 14.5 Å². The number of anilines is 1. The molecule has 1 saturated heterocycles. The third kappa shape index (κ3) is 4.87. The normalized spacial score (nSPS) is 23.1. The minimum absolute atomic E-state index is 0. The van der Waals surface area contributed by atoms with Gasteiger partial charge in [0.05, 0.1) is 17.9 Å². The number of aliphatic carboxylic acids is 1. The SMILES string of the molecule is CON=CC1=C(C(=O)[O-])N2C(=O)C(NC(=O)/C(=N\OC)c3csc(N)n3)[C@@H]2S[C@@H]1C.[Na+]. The molecule has 0 saturated carbocycles. The Labute approximate surface area is 207 Å². The van der Waals surface area contributed by atoms with Gasteiger partial charge in [0, 0.05) is 16.2 Å². The van der Waals surface area contributed by atoms with Gasteiger partial charge >= 0.3 is 29.6 Å². The summed E-state index contributed by atoms with van der Waals surface area (Å²) in [7, 11) is 2.58. The molecule has 15 heteroatoms. The van der Waals surface area contributed by atoms with E-state index in [2.05, 4.69) is 25.4 Å². The van der Waals surface area contributed by atoms with E-state index in [0.717, 1.165) is 16.2 Å². The quantitative estimate of drug-likeness (QED) is 0.170. The van der Waals surface area contributed by atoms with Crippen LogP contribution in [0.1, 0.15) is 12.6 Å². The Morgan fingerprint density at radius 2 is 2.10 bits per heavy atom. The summed E-state index contributed by atoms with van der Waals surface area (Å²) < 4.78 is 0. The number of amides is 2. The van der Waals surface area contributed by atoms with Crippen molar-refractivity contribution in [1.29, 1.82) is 0 Å². The minimum atomic E-state index is -1.53. The molecule has 2 aliphatic rings. The number of carboxylic acids is 1. The summed E-state index contributed by atoms with van der Waals surface area (Å²) >= 11 is 2.40. The molecule has 1 fully saturated rings. The smallest absolute Gasteiger partial charge is 0.543 e. The van der Waals surface area contributed by atoms with E-state index in [1.54, 1.807) is 6.92 Å². The van der Waals surface area contributed by atoms with Crippen molar-refractivity contribution >= 4 is 57.9 Å². The zero-order chi connectivity index (χ0) is 22.0. The predicted octanol–water partition coefficient (Wildman–Crippen LogP) is -4.50. The topological polar surface area (TPSA) is 172 Å². The van der Waals surface area contributed by atoms with E-state index in [-0.39, 0.29) is 62.6 Å². The number of nitrogens with two attached hydrogens (primary N) is 1. The fourth-order valence-corrected chi connectivity index (χ4v) is 4.94. The first-order chi connectivity index (χ1) is 14.3. The van der Waals surface area contributed by atoms with E-state index in [1.807, 2.05) is 0 Å². The number of nitrogens with zero attached hydrogens (tertiary/aromatic N) is 4. The maximum absolute atomic E-state index is 12.7. The van der Waals surface area contributed by atoms with E-state index < -0.39 is 29.2 Å². The zero-order valence-electron chi connectivity index (χ0n) is 17.0. The molecule has 1 aromatic heterocycles. The molecule has 31 heavy (non-hydrogen) atoms. The van der Waals surface area contributed by atoms with Crippen LogP contribution < -0.4 is 45.7 Å². The fourth-order valence-electron chi connectivity index (χ4n) is 2.98. The largest absolute Gasteiger partial charge is 1.00 e. The number of aromatic nitrogens is 1. The van der Waals surface area contributed by atoms with Gasteiger partial charge in [0.2, 0.25) is 0 Å². The molecule has 0 bridgehead atoms. The number of nitrogens with one attached hydrogen (secondary N) is 1. The molecule has 3 rings (SSSR count). The molecule has 2 amide bonds. The van der Waals surface area contributed by atoms with E-state index in [9.17, 15) is 19.5 Å². The number of carbonyl (C=O) groups excluding carboxylic acids is 3. The summed E-state index contributed by atoms with van der Waals surface area (Å²) in [5.41, 5.74) is 5.60. The Bertz CT molecular complexity index is 980. The number of hydrogen-bond acceptors (Lipinski definition) is 12. The van der Waals surface area contributed by atoms with Crippen LogP contribution in [0, 0.1) is 0 Å². The van der Waals surface area contributed by atoms with Gasteiger partial charge < -0.3 is 30.6 Å². The summed E-state index contributed by atoms with van der Waals surface area (Å²) in [6.07, 6.45) is 1.23. The predicted molar refractivity (Wildman–Crippen MR) is 107 cm³/mol. The van der Waals surface area contributed by atoms with Gasteiger partial charge in [0.1, 0.15) is 31.3 Å². The minimum Gasteiger partial charge on any atom is -0.543 e. The summed E-state index contributed by atoms with van der Waals surface area (Å²) in [5, 5.41) is 22.3. The van der Waals surface area contributed by atoms with E-state index >= 15 is 0 Å². The van der Waals surface area contributed by atoms with Crippen molar-refractivity contribution in [3.63, 3.8) is 0 Å². The number of rotatable bonds is 7. The number of carboxylic acid groups (broad SMARTS) is 1. The van der Waals surface area contributed by atoms with E-state index in [4.69, 9.17) is 10.6 Å². The van der Waals surface area contributed by atoms with Crippen LogP contribution in [-0.4, -0.2) is 70.5 Å². The first kappa shape index (κ1) is 25.1. The van der Waals surface area contributed by atoms with Crippen LogP contribution in [0.5, 0.6) is 0 Å². The molecule has 3 heterocycles. The number of β-lactam (4-membered cyclic amide) rings is 1. The number of oxime groups is 2. The van der Waals surface area contributed by atoms with Gasteiger partial charge in [-0.05, 0) is 6.92 Å². The second-order valence-electron chi connectivity index (χ2n) is 6.03. The van der Waals surface area contributed by atoms with Crippen molar-refractivity contribution in [2.24, 2.45) is 10.3 Å².